The van der Waals surface area contributed by atoms with Gasteiger partial charge in [-0.2, -0.15) is 0 Å². The van der Waals surface area contributed by atoms with Crippen molar-refractivity contribution in [3.63, 3.8) is 0 Å². The first-order valence-electron chi connectivity index (χ1n) is 4.41. The number of rotatable bonds is 0. The lowest BCUT2D eigenvalue weighted by Gasteiger charge is -2.18. The van der Waals surface area contributed by atoms with E-state index in [2.05, 4.69) is 20.4 Å². The molecule has 0 radical (unpaired) electrons. The molecule has 0 unspecified atom stereocenters. The van der Waals surface area contributed by atoms with Crippen molar-refractivity contribution >= 4 is 0 Å². The number of aliphatic hydroxyl groups excluding tert-OH is 1. The van der Waals surface area contributed by atoms with Gasteiger partial charge in [0, 0.05) is 0 Å². The molecule has 2 aliphatic rings. The first-order chi connectivity index (χ1) is 5.05. The summed E-state index contributed by atoms with van der Waals surface area (Å²) in [5.74, 6) is 1.28. The fraction of sp³-hybridized carbons (Fsp3) is 0.800. The Bertz CT molecular complexity index is 205. The molecule has 11 heavy (non-hydrogen) atoms. The Hall–Kier alpha value is -0.300. The molecule has 2 rings (SSSR count). The third-order valence-electron chi connectivity index (χ3n) is 3.67. The highest BCUT2D eigenvalue weighted by Crippen LogP contribution is 2.65. The summed E-state index contributed by atoms with van der Waals surface area (Å²) < 4.78 is 0. The van der Waals surface area contributed by atoms with Crippen LogP contribution >= 0.6 is 0 Å². The zero-order chi connectivity index (χ0) is 8.22. The molecule has 0 bridgehead atoms. The molecule has 0 spiro atoms. The summed E-state index contributed by atoms with van der Waals surface area (Å²) in [6, 6.07) is 0. The fourth-order valence-corrected chi connectivity index (χ4v) is 2.71. The van der Waals surface area contributed by atoms with Gasteiger partial charge in [-0.3, -0.25) is 0 Å². The van der Waals surface area contributed by atoms with Crippen LogP contribution in [0, 0.1) is 17.3 Å². The fourth-order valence-electron chi connectivity index (χ4n) is 2.71. The average Bonchev–Trinajstić information content (AvgIpc) is 2.46. The molecule has 1 nitrogen and oxygen atoms in total. The summed E-state index contributed by atoms with van der Waals surface area (Å²) in [5.41, 5.74) is 1.44. The molecule has 2 saturated carbocycles. The van der Waals surface area contributed by atoms with E-state index >= 15 is 0 Å². The molecule has 0 aromatic carbocycles. The minimum Gasteiger partial charge on any atom is -0.388 e. The van der Waals surface area contributed by atoms with Gasteiger partial charge in [0.15, 0.2) is 0 Å². The molecule has 2 aliphatic carbocycles. The quantitative estimate of drug-likeness (QED) is 0.526. The van der Waals surface area contributed by atoms with Crippen LogP contribution in [-0.2, 0) is 0 Å². The van der Waals surface area contributed by atoms with Crippen molar-refractivity contribution in [1.82, 2.24) is 0 Å². The zero-order valence-corrected chi connectivity index (χ0v) is 7.30. The molecule has 0 heterocycles. The standard InChI is InChI=1S/C10H16O/c1-6-4-5-7-8(9(6)11)10(7,2)3/h7-9,11H,1,4-5H2,2-3H3/t7-,8-,9-/m1/s1. The lowest BCUT2D eigenvalue weighted by atomic mass is 9.93. The maximum absolute atomic E-state index is 9.72. The van der Waals surface area contributed by atoms with E-state index in [0.717, 1.165) is 17.9 Å². The van der Waals surface area contributed by atoms with Gasteiger partial charge in [-0.15, -0.1) is 0 Å². The van der Waals surface area contributed by atoms with Crippen LogP contribution in [0.15, 0.2) is 12.2 Å². The number of aliphatic hydroxyl groups is 1. The molecular formula is C10H16O. The average molecular weight is 152 g/mol. The van der Waals surface area contributed by atoms with Crippen molar-refractivity contribution in [1.29, 1.82) is 0 Å². The first-order valence-corrected chi connectivity index (χ1v) is 4.41. The van der Waals surface area contributed by atoms with Crippen molar-refractivity contribution in [3.8, 4) is 0 Å². The van der Waals surface area contributed by atoms with E-state index in [4.69, 9.17) is 0 Å². The highest BCUT2D eigenvalue weighted by molar-refractivity contribution is 5.21. The van der Waals surface area contributed by atoms with E-state index in [1.807, 2.05) is 0 Å². The topological polar surface area (TPSA) is 20.2 Å². The molecule has 0 saturated heterocycles. The highest BCUT2D eigenvalue weighted by atomic mass is 16.3. The third-order valence-corrected chi connectivity index (χ3v) is 3.67. The van der Waals surface area contributed by atoms with E-state index in [1.165, 1.54) is 6.42 Å². The second-order valence-corrected chi connectivity index (χ2v) is 4.60. The molecule has 62 valence electrons. The molecule has 2 fully saturated rings. The van der Waals surface area contributed by atoms with Crippen molar-refractivity contribution < 1.29 is 5.11 Å². The molecular weight excluding hydrogens is 136 g/mol. The maximum atomic E-state index is 9.72. The monoisotopic (exact) mass is 152 g/mol. The van der Waals surface area contributed by atoms with Crippen molar-refractivity contribution in [2.24, 2.45) is 17.3 Å². The Kier molecular flexibility index (Phi) is 1.26. The van der Waals surface area contributed by atoms with E-state index in [1.54, 1.807) is 0 Å². The Labute approximate surface area is 68.1 Å². The van der Waals surface area contributed by atoms with Gasteiger partial charge >= 0.3 is 0 Å². The first kappa shape index (κ1) is 7.35. The predicted octanol–water partition coefficient (Wildman–Crippen LogP) is 1.97. The molecule has 3 atom stereocenters. The van der Waals surface area contributed by atoms with E-state index < -0.39 is 0 Å². The Morgan fingerprint density at radius 2 is 2.18 bits per heavy atom. The van der Waals surface area contributed by atoms with Crippen LogP contribution in [0.1, 0.15) is 26.7 Å². The van der Waals surface area contributed by atoms with Crippen LogP contribution < -0.4 is 0 Å². The van der Waals surface area contributed by atoms with Gasteiger partial charge in [-0.25, -0.2) is 0 Å². The summed E-state index contributed by atoms with van der Waals surface area (Å²) in [7, 11) is 0. The van der Waals surface area contributed by atoms with Gasteiger partial charge in [0.05, 0.1) is 6.10 Å². The van der Waals surface area contributed by atoms with Crippen molar-refractivity contribution in [3.05, 3.63) is 12.2 Å². The molecule has 1 heteroatoms. The number of hydrogen-bond acceptors (Lipinski definition) is 1. The summed E-state index contributed by atoms with van der Waals surface area (Å²) >= 11 is 0. The van der Waals surface area contributed by atoms with Gasteiger partial charge in [0.25, 0.3) is 0 Å². The zero-order valence-electron chi connectivity index (χ0n) is 7.30. The SMILES string of the molecule is C=C1CC[C@@H]2[C@H]([C@@H]1O)C2(C)C. The summed E-state index contributed by atoms with van der Waals surface area (Å²) in [6.45, 7) is 8.40. The Morgan fingerprint density at radius 3 is 2.73 bits per heavy atom. The normalized spacial score (nSPS) is 46.8. The Morgan fingerprint density at radius 1 is 1.55 bits per heavy atom. The lowest BCUT2D eigenvalue weighted by Crippen LogP contribution is -2.18. The van der Waals surface area contributed by atoms with Gasteiger partial charge in [0.1, 0.15) is 0 Å². The summed E-state index contributed by atoms with van der Waals surface area (Å²) in [4.78, 5) is 0. The molecule has 1 N–H and O–H groups in total. The second-order valence-electron chi connectivity index (χ2n) is 4.60. The van der Waals surface area contributed by atoms with Gasteiger partial charge in [-0.05, 0) is 35.7 Å². The maximum Gasteiger partial charge on any atom is 0.0783 e. The summed E-state index contributed by atoms with van der Waals surface area (Å²) in [5, 5.41) is 9.72. The molecule has 0 amide bonds. The van der Waals surface area contributed by atoms with Crippen molar-refractivity contribution in [2.45, 2.75) is 32.8 Å². The van der Waals surface area contributed by atoms with Gasteiger partial charge in [0.2, 0.25) is 0 Å². The van der Waals surface area contributed by atoms with E-state index in [0.29, 0.717) is 11.3 Å². The van der Waals surface area contributed by atoms with Crippen molar-refractivity contribution in [2.75, 3.05) is 0 Å². The van der Waals surface area contributed by atoms with Crippen LogP contribution in [0.25, 0.3) is 0 Å². The molecule has 0 aromatic rings. The summed E-state index contributed by atoms with van der Waals surface area (Å²) in [6.07, 6.45) is 2.07. The predicted molar refractivity (Wildman–Crippen MR) is 45.1 cm³/mol. The molecule has 0 aliphatic heterocycles. The smallest absolute Gasteiger partial charge is 0.0783 e. The minimum atomic E-state index is -0.205. The van der Waals surface area contributed by atoms with Gasteiger partial charge < -0.3 is 5.11 Å². The number of fused-ring (bicyclic) bond motifs is 1. The number of hydrogen-bond donors (Lipinski definition) is 1. The third kappa shape index (κ3) is 0.807. The minimum absolute atomic E-state index is 0.205. The van der Waals surface area contributed by atoms with Crippen LogP contribution in [0.4, 0.5) is 0 Å². The van der Waals surface area contributed by atoms with Crippen LogP contribution in [-0.4, -0.2) is 11.2 Å². The van der Waals surface area contributed by atoms with Crippen LogP contribution in [0.3, 0.4) is 0 Å². The van der Waals surface area contributed by atoms with Crippen LogP contribution in [0.2, 0.25) is 0 Å². The second kappa shape index (κ2) is 1.89. The van der Waals surface area contributed by atoms with Crippen LogP contribution in [0.5, 0.6) is 0 Å². The Balaban J connectivity index is 2.18. The largest absolute Gasteiger partial charge is 0.388 e. The van der Waals surface area contributed by atoms with E-state index in [9.17, 15) is 5.11 Å². The van der Waals surface area contributed by atoms with E-state index in [-0.39, 0.29) is 6.10 Å². The lowest BCUT2D eigenvalue weighted by molar-refractivity contribution is 0.156. The van der Waals surface area contributed by atoms with Gasteiger partial charge in [-0.1, -0.05) is 20.4 Å². The molecule has 0 aromatic heterocycles. The highest BCUT2D eigenvalue weighted by Gasteiger charge is 2.62.